The summed E-state index contributed by atoms with van der Waals surface area (Å²) in [6, 6.07) is 7.56. The van der Waals surface area contributed by atoms with E-state index in [2.05, 4.69) is 5.32 Å². The van der Waals surface area contributed by atoms with Crippen molar-refractivity contribution in [2.24, 2.45) is 0 Å². The number of hydrogen-bond acceptors (Lipinski definition) is 2. The molecular formula is C12H15NO2. The Morgan fingerprint density at radius 3 is 2.47 bits per heavy atom. The Kier molecular flexibility index (Phi) is 2.90. The van der Waals surface area contributed by atoms with E-state index in [9.17, 15) is 4.79 Å². The summed E-state index contributed by atoms with van der Waals surface area (Å²) in [5.41, 5.74) is 0.697. The van der Waals surface area contributed by atoms with Crippen molar-refractivity contribution in [3.05, 3.63) is 29.8 Å². The van der Waals surface area contributed by atoms with E-state index in [-0.39, 0.29) is 5.91 Å². The zero-order valence-electron chi connectivity index (χ0n) is 8.82. The zero-order chi connectivity index (χ0) is 10.7. The number of carbonyl (C=O) groups is 1. The number of benzene rings is 1. The number of hydrogen-bond donors (Lipinski definition) is 1. The first kappa shape index (κ1) is 10.0. The van der Waals surface area contributed by atoms with Gasteiger partial charge in [-0.3, -0.25) is 4.79 Å². The Morgan fingerprint density at radius 2 is 2.00 bits per heavy atom. The van der Waals surface area contributed by atoms with Crippen molar-refractivity contribution in [3.8, 4) is 5.75 Å². The summed E-state index contributed by atoms with van der Waals surface area (Å²) in [6.45, 7) is 0. The Morgan fingerprint density at radius 1 is 1.33 bits per heavy atom. The van der Waals surface area contributed by atoms with Crippen LogP contribution in [0.3, 0.4) is 0 Å². The highest BCUT2D eigenvalue weighted by Crippen LogP contribution is 2.19. The molecule has 1 aromatic rings. The number of carbonyl (C=O) groups excluding carboxylic acids is 1. The van der Waals surface area contributed by atoms with Crippen molar-refractivity contribution in [2.45, 2.75) is 25.3 Å². The molecule has 0 atom stereocenters. The fraction of sp³-hybridized carbons (Fsp3) is 0.417. The maximum Gasteiger partial charge on any atom is 0.251 e. The summed E-state index contributed by atoms with van der Waals surface area (Å²) >= 11 is 0. The molecule has 1 aromatic carbocycles. The molecule has 1 aliphatic rings. The van der Waals surface area contributed by atoms with Gasteiger partial charge in [0.1, 0.15) is 5.75 Å². The second-order valence-corrected chi connectivity index (χ2v) is 3.83. The average molecular weight is 205 g/mol. The van der Waals surface area contributed by atoms with E-state index in [4.69, 9.17) is 4.74 Å². The molecule has 0 heterocycles. The van der Waals surface area contributed by atoms with Gasteiger partial charge in [0.2, 0.25) is 0 Å². The molecule has 0 aromatic heterocycles. The van der Waals surface area contributed by atoms with Crippen molar-refractivity contribution < 1.29 is 9.53 Å². The molecule has 2 rings (SSSR count). The van der Waals surface area contributed by atoms with Crippen LogP contribution in [0, 0.1) is 0 Å². The number of amides is 1. The molecule has 1 saturated carbocycles. The largest absolute Gasteiger partial charge is 0.497 e. The van der Waals surface area contributed by atoms with Crippen LogP contribution in [0.25, 0.3) is 0 Å². The molecular weight excluding hydrogens is 190 g/mol. The number of methoxy groups -OCH3 is 1. The smallest absolute Gasteiger partial charge is 0.251 e. The molecule has 0 unspecified atom stereocenters. The Hall–Kier alpha value is -1.51. The van der Waals surface area contributed by atoms with Crippen LogP contribution >= 0.6 is 0 Å². The van der Waals surface area contributed by atoms with Crippen LogP contribution in [0.4, 0.5) is 0 Å². The van der Waals surface area contributed by atoms with Crippen molar-refractivity contribution in [1.29, 1.82) is 0 Å². The van der Waals surface area contributed by atoms with E-state index in [1.807, 2.05) is 0 Å². The third-order valence-electron chi connectivity index (χ3n) is 2.79. The molecule has 1 N–H and O–H groups in total. The van der Waals surface area contributed by atoms with Crippen molar-refractivity contribution in [1.82, 2.24) is 5.32 Å². The van der Waals surface area contributed by atoms with Crippen molar-refractivity contribution in [3.63, 3.8) is 0 Å². The molecule has 0 saturated heterocycles. The number of nitrogens with one attached hydrogen (secondary N) is 1. The van der Waals surface area contributed by atoms with E-state index >= 15 is 0 Å². The molecule has 0 radical (unpaired) electrons. The number of ether oxygens (including phenoxy) is 1. The predicted octanol–water partition coefficient (Wildman–Crippen LogP) is 1.98. The Labute approximate surface area is 89.4 Å². The van der Waals surface area contributed by atoms with Crippen LogP contribution in [-0.4, -0.2) is 19.1 Å². The first-order valence-corrected chi connectivity index (χ1v) is 5.24. The van der Waals surface area contributed by atoms with Gasteiger partial charge in [0, 0.05) is 11.6 Å². The normalized spacial score (nSPS) is 15.5. The van der Waals surface area contributed by atoms with Gasteiger partial charge in [-0.15, -0.1) is 0 Å². The maximum absolute atomic E-state index is 11.7. The van der Waals surface area contributed by atoms with Crippen LogP contribution < -0.4 is 10.1 Å². The average Bonchev–Trinajstić information content (AvgIpc) is 2.23. The lowest BCUT2D eigenvalue weighted by molar-refractivity contribution is 0.0917. The summed E-state index contributed by atoms with van der Waals surface area (Å²) in [5.74, 6) is 0.789. The summed E-state index contributed by atoms with van der Waals surface area (Å²) in [6.07, 6.45) is 3.46. The fourth-order valence-electron chi connectivity index (χ4n) is 1.56. The van der Waals surface area contributed by atoms with Gasteiger partial charge in [-0.2, -0.15) is 0 Å². The summed E-state index contributed by atoms with van der Waals surface area (Å²) < 4.78 is 5.03. The van der Waals surface area contributed by atoms with Crippen LogP contribution in [0.15, 0.2) is 24.3 Å². The van der Waals surface area contributed by atoms with Gasteiger partial charge in [0.05, 0.1) is 7.11 Å². The summed E-state index contributed by atoms with van der Waals surface area (Å²) in [7, 11) is 1.61. The van der Waals surface area contributed by atoms with Crippen molar-refractivity contribution in [2.75, 3.05) is 7.11 Å². The maximum atomic E-state index is 11.7. The van der Waals surface area contributed by atoms with Crippen LogP contribution in [0.2, 0.25) is 0 Å². The molecule has 0 bridgehead atoms. The minimum atomic E-state index is 0.0161. The lowest BCUT2D eigenvalue weighted by atomic mass is 9.93. The van der Waals surface area contributed by atoms with Gasteiger partial charge in [0.15, 0.2) is 0 Å². The molecule has 80 valence electrons. The monoisotopic (exact) mass is 205 g/mol. The molecule has 3 nitrogen and oxygen atoms in total. The van der Waals surface area contributed by atoms with Crippen LogP contribution in [-0.2, 0) is 0 Å². The fourth-order valence-corrected chi connectivity index (χ4v) is 1.56. The quantitative estimate of drug-likeness (QED) is 0.819. The predicted molar refractivity (Wildman–Crippen MR) is 58.1 cm³/mol. The topological polar surface area (TPSA) is 38.3 Å². The minimum Gasteiger partial charge on any atom is -0.497 e. The van der Waals surface area contributed by atoms with E-state index < -0.39 is 0 Å². The highest BCUT2D eigenvalue weighted by Gasteiger charge is 2.19. The first-order chi connectivity index (χ1) is 7.29. The molecule has 3 heteroatoms. The van der Waals surface area contributed by atoms with Crippen LogP contribution in [0.1, 0.15) is 29.6 Å². The third kappa shape index (κ3) is 2.29. The summed E-state index contributed by atoms with van der Waals surface area (Å²) in [4.78, 5) is 11.7. The standard InChI is InChI=1S/C12H15NO2/c1-15-11-7-5-9(6-8-11)12(14)13-10-3-2-4-10/h5-8,10H,2-4H2,1H3,(H,13,14). The van der Waals surface area contributed by atoms with E-state index in [1.54, 1.807) is 31.4 Å². The van der Waals surface area contributed by atoms with E-state index in [0.717, 1.165) is 18.6 Å². The second-order valence-electron chi connectivity index (χ2n) is 3.83. The van der Waals surface area contributed by atoms with Gasteiger partial charge in [-0.1, -0.05) is 0 Å². The molecule has 0 aliphatic heterocycles. The van der Waals surface area contributed by atoms with Crippen LogP contribution in [0.5, 0.6) is 5.75 Å². The van der Waals surface area contributed by atoms with Gasteiger partial charge in [0.25, 0.3) is 5.91 Å². The van der Waals surface area contributed by atoms with Gasteiger partial charge < -0.3 is 10.1 Å². The number of rotatable bonds is 3. The lowest BCUT2D eigenvalue weighted by Crippen LogP contribution is -2.39. The zero-order valence-corrected chi connectivity index (χ0v) is 8.82. The van der Waals surface area contributed by atoms with Gasteiger partial charge in [-0.25, -0.2) is 0 Å². The molecule has 1 fully saturated rings. The van der Waals surface area contributed by atoms with Gasteiger partial charge >= 0.3 is 0 Å². The highest BCUT2D eigenvalue weighted by molar-refractivity contribution is 5.94. The van der Waals surface area contributed by atoms with E-state index in [1.165, 1.54) is 6.42 Å². The second kappa shape index (κ2) is 4.34. The SMILES string of the molecule is COc1ccc(C(=O)NC2CCC2)cc1. The van der Waals surface area contributed by atoms with Crippen molar-refractivity contribution >= 4 is 5.91 Å². The molecule has 1 amide bonds. The Balaban J connectivity index is 1.98. The minimum absolute atomic E-state index is 0.0161. The molecule has 15 heavy (non-hydrogen) atoms. The van der Waals surface area contributed by atoms with Gasteiger partial charge in [-0.05, 0) is 43.5 Å². The summed E-state index contributed by atoms with van der Waals surface area (Å²) in [5, 5.41) is 2.99. The van der Waals surface area contributed by atoms with E-state index in [0.29, 0.717) is 11.6 Å². The highest BCUT2D eigenvalue weighted by atomic mass is 16.5. The first-order valence-electron chi connectivity index (χ1n) is 5.24. The Bertz CT molecular complexity index is 341. The molecule has 1 aliphatic carbocycles. The third-order valence-corrected chi connectivity index (χ3v) is 2.79. The lowest BCUT2D eigenvalue weighted by Gasteiger charge is -2.26. The molecule has 0 spiro atoms.